The van der Waals surface area contributed by atoms with Crippen molar-refractivity contribution >= 4 is 75.6 Å². The van der Waals surface area contributed by atoms with Crippen molar-refractivity contribution in [1.29, 1.82) is 0 Å². The number of benzene rings is 4. The van der Waals surface area contributed by atoms with Gasteiger partial charge in [0.15, 0.2) is 0 Å². The summed E-state index contributed by atoms with van der Waals surface area (Å²) in [7, 11) is 8.40. The maximum atomic E-state index is 3.81. The smallest absolute Gasteiger partial charge is 0.0452 e. The average Bonchev–Trinajstić information content (AvgIpc) is 2.54. The summed E-state index contributed by atoms with van der Waals surface area (Å²) in [4.78, 5) is 4.37. The molecular weight excluding hydrogens is 428 g/mol. The number of anilines is 2. The van der Waals surface area contributed by atoms with Crippen LogP contribution in [0.5, 0.6) is 0 Å². The summed E-state index contributed by atoms with van der Waals surface area (Å²) in [5.41, 5.74) is 2.47. The number of hydrogen-bond acceptors (Lipinski definition) is 2. The minimum atomic E-state index is 1.14. The van der Waals surface area contributed by atoms with Crippen LogP contribution in [0.4, 0.5) is 11.4 Å². The van der Waals surface area contributed by atoms with Gasteiger partial charge in [-0.2, -0.15) is 0 Å². The van der Waals surface area contributed by atoms with Crippen molar-refractivity contribution in [2.24, 2.45) is 0 Å². The van der Waals surface area contributed by atoms with Crippen molar-refractivity contribution in [2.45, 2.75) is 0 Å². The molecule has 2 nitrogen and oxygen atoms in total. The Kier molecular flexibility index (Phi) is 3.66. The van der Waals surface area contributed by atoms with Crippen LogP contribution in [-0.4, -0.2) is 28.2 Å². The predicted octanol–water partition coefficient (Wildman–Crippen LogP) is 6.24. The van der Waals surface area contributed by atoms with Crippen LogP contribution in [0.2, 0.25) is 0 Å². The van der Waals surface area contributed by atoms with Crippen LogP contribution in [-0.2, 0) is 0 Å². The standard InChI is InChI=1S/C20H18Br2N2/c1-23(2)17-9-14-16(22)10-18(24(3)4)12-6-5-11-15(21)8-7-13(17)19(11)20(12)14/h5-10H,1-4H3. The zero-order valence-electron chi connectivity index (χ0n) is 14.1. The molecule has 0 heterocycles. The van der Waals surface area contributed by atoms with Crippen molar-refractivity contribution in [3.8, 4) is 0 Å². The van der Waals surface area contributed by atoms with Gasteiger partial charge in [-0.15, -0.1) is 0 Å². The van der Waals surface area contributed by atoms with Gasteiger partial charge in [0.25, 0.3) is 0 Å². The second-order valence-corrected chi connectivity index (χ2v) is 8.32. The molecule has 4 aromatic carbocycles. The first-order valence-electron chi connectivity index (χ1n) is 7.84. The molecule has 122 valence electrons. The Bertz CT molecular complexity index is 1080. The Morgan fingerprint density at radius 1 is 0.583 bits per heavy atom. The van der Waals surface area contributed by atoms with Crippen LogP contribution in [0.15, 0.2) is 45.3 Å². The molecule has 0 radical (unpaired) electrons. The van der Waals surface area contributed by atoms with Gasteiger partial charge in [-0.1, -0.05) is 50.1 Å². The molecule has 0 bridgehead atoms. The summed E-state index contributed by atoms with van der Waals surface area (Å²) in [5, 5.41) is 7.75. The Balaban J connectivity index is 2.37. The quantitative estimate of drug-likeness (QED) is 0.337. The van der Waals surface area contributed by atoms with Crippen molar-refractivity contribution < 1.29 is 0 Å². The molecule has 0 N–H and O–H groups in total. The molecule has 0 spiro atoms. The lowest BCUT2D eigenvalue weighted by Gasteiger charge is -2.23. The topological polar surface area (TPSA) is 6.48 Å². The van der Waals surface area contributed by atoms with Crippen LogP contribution in [0.1, 0.15) is 0 Å². The monoisotopic (exact) mass is 444 g/mol. The van der Waals surface area contributed by atoms with Crippen LogP contribution in [0.25, 0.3) is 32.3 Å². The van der Waals surface area contributed by atoms with E-state index >= 15 is 0 Å². The van der Waals surface area contributed by atoms with E-state index in [4.69, 9.17) is 0 Å². The normalized spacial score (nSPS) is 11.8. The third kappa shape index (κ3) is 2.12. The van der Waals surface area contributed by atoms with Crippen LogP contribution >= 0.6 is 31.9 Å². The Morgan fingerprint density at radius 2 is 1.08 bits per heavy atom. The van der Waals surface area contributed by atoms with Crippen LogP contribution in [0.3, 0.4) is 0 Å². The van der Waals surface area contributed by atoms with Gasteiger partial charge in [0.05, 0.1) is 0 Å². The van der Waals surface area contributed by atoms with Gasteiger partial charge >= 0.3 is 0 Å². The van der Waals surface area contributed by atoms with Gasteiger partial charge in [0.1, 0.15) is 0 Å². The van der Waals surface area contributed by atoms with Crippen molar-refractivity contribution in [3.05, 3.63) is 45.3 Å². The second-order valence-electron chi connectivity index (χ2n) is 6.62. The highest BCUT2D eigenvalue weighted by Crippen LogP contribution is 2.46. The molecule has 4 rings (SSSR count). The molecule has 0 aliphatic rings. The van der Waals surface area contributed by atoms with Crippen LogP contribution < -0.4 is 9.80 Å². The highest BCUT2D eigenvalue weighted by atomic mass is 79.9. The zero-order chi connectivity index (χ0) is 17.2. The molecule has 0 saturated heterocycles. The highest BCUT2D eigenvalue weighted by Gasteiger charge is 2.18. The van der Waals surface area contributed by atoms with E-state index in [0.29, 0.717) is 0 Å². The van der Waals surface area contributed by atoms with Gasteiger partial charge in [-0.05, 0) is 29.0 Å². The molecule has 24 heavy (non-hydrogen) atoms. The van der Waals surface area contributed by atoms with Gasteiger partial charge in [-0.25, -0.2) is 0 Å². The van der Waals surface area contributed by atoms with E-state index in [1.54, 1.807) is 0 Å². The van der Waals surface area contributed by atoms with Crippen molar-refractivity contribution in [3.63, 3.8) is 0 Å². The third-order valence-electron chi connectivity index (χ3n) is 4.71. The van der Waals surface area contributed by atoms with E-state index in [1.165, 1.54) is 43.7 Å². The first-order chi connectivity index (χ1) is 11.4. The summed E-state index contributed by atoms with van der Waals surface area (Å²) >= 11 is 7.54. The first-order valence-corrected chi connectivity index (χ1v) is 9.43. The lowest BCUT2D eigenvalue weighted by Crippen LogP contribution is -2.11. The molecule has 0 atom stereocenters. The van der Waals surface area contributed by atoms with Gasteiger partial charge in [0.2, 0.25) is 0 Å². The van der Waals surface area contributed by atoms with Gasteiger partial charge in [-0.3, -0.25) is 0 Å². The van der Waals surface area contributed by atoms with E-state index in [-0.39, 0.29) is 0 Å². The summed E-state index contributed by atoms with van der Waals surface area (Å²) in [6, 6.07) is 13.4. The predicted molar refractivity (Wildman–Crippen MR) is 114 cm³/mol. The van der Waals surface area contributed by atoms with E-state index in [2.05, 4.69) is 106 Å². The summed E-state index contributed by atoms with van der Waals surface area (Å²) in [6.07, 6.45) is 0. The van der Waals surface area contributed by atoms with Crippen molar-refractivity contribution in [2.75, 3.05) is 38.0 Å². The zero-order valence-corrected chi connectivity index (χ0v) is 17.3. The molecular formula is C20H18Br2N2. The third-order valence-corrected chi connectivity index (χ3v) is 6.06. The maximum absolute atomic E-state index is 3.81. The number of hydrogen-bond donors (Lipinski definition) is 0. The number of rotatable bonds is 2. The molecule has 0 fully saturated rings. The fourth-order valence-electron chi connectivity index (χ4n) is 3.61. The molecule has 0 aliphatic heterocycles. The molecule has 4 aromatic rings. The summed E-state index contributed by atoms with van der Waals surface area (Å²) in [5.74, 6) is 0. The molecule has 0 amide bonds. The molecule has 0 aromatic heterocycles. The fraction of sp³-hybridized carbons (Fsp3) is 0.200. The van der Waals surface area contributed by atoms with E-state index in [9.17, 15) is 0 Å². The molecule has 4 heteroatoms. The fourth-order valence-corrected chi connectivity index (χ4v) is 4.60. The molecule has 0 unspecified atom stereocenters. The molecule has 0 aliphatic carbocycles. The van der Waals surface area contributed by atoms with E-state index in [1.807, 2.05) is 0 Å². The molecule has 0 saturated carbocycles. The Hall–Kier alpha value is -1.52. The minimum absolute atomic E-state index is 1.14. The average molecular weight is 446 g/mol. The highest BCUT2D eigenvalue weighted by molar-refractivity contribution is 9.11. The summed E-state index contributed by atoms with van der Waals surface area (Å²) < 4.78 is 2.27. The minimum Gasteiger partial charge on any atom is -0.377 e. The largest absolute Gasteiger partial charge is 0.377 e. The SMILES string of the molecule is CN(C)c1cc2c(Br)cc(N(C)C)c3ccc4c(Br)ccc1c4c23. The lowest BCUT2D eigenvalue weighted by molar-refractivity contribution is 1.14. The van der Waals surface area contributed by atoms with Crippen molar-refractivity contribution in [1.82, 2.24) is 0 Å². The lowest BCUT2D eigenvalue weighted by atomic mass is 9.92. The van der Waals surface area contributed by atoms with E-state index in [0.717, 1.165) is 8.95 Å². The number of nitrogens with zero attached hydrogens (tertiary/aromatic N) is 2. The Labute approximate surface area is 158 Å². The van der Waals surface area contributed by atoms with Gasteiger partial charge in [0, 0.05) is 70.1 Å². The second kappa shape index (κ2) is 5.50. The van der Waals surface area contributed by atoms with E-state index < -0.39 is 0 Å². The summed E-state index contributed by atoms with van der Waals surface area (Å²) in [6.45, 7) is 0. The Morgan fingerprint density at radius 3 is 1.71 bits per heavy atom. The van der Waals surface area contributed by atoms with Gasteiger partial charge < -0.3 is 9.80 Å². The maximum Gasteiger partial charge on any atom is 0.0452 e. The first kappa shape index (κ1) is 16.0. The number of halogens is 2. The van der Waals surface area contributed by atoms with Crippen LogP contribution in [0, 0.1) is 0 Å².